The molecule has 0 aliphatic heterocycles. The van der Waals surface area contributed by atoms with Gasteiger partial charge in [-0.05, 0) is 30.3 Å². The fourth-order valence-corrected chi connectivity index (χ4v) is 2.50. The van der Waals surface area contributed by atoms with Crippen molar-refractivity contribution in [2.24, 2.45) is 0 Å². The minimum atomic E-state index is -0.966. The zero-order valence-electron chi connectivity index (χ0n) is 12.1. The number of rotatable bonds is 5. The van der Waals surface area contributed by atoms with E-state index in [1.165, 1.54) is 19.2 Å². The van der Waals surface area contributed by atoms with Gasteiger partial charge in [0.15, 0.2) is 11.6 Å². The third kappa shape index (κ3) is 4.53. The minimum Gasteiger partial charge on any atom is -0.465 e. The van der Waals surface area contributed by atoms with Crippen LogP contribution in [0.1, 0.15) is 10.4 Å². The van der Waals surface area contributed by atoms with Gasteiger partial charge in [-0.25, -0.2) is 13.6 Å². The molecule has 120 valence electrons. The molecule has 0 aliphatic carbocycles. The number of para-hydroxylation sites is 1. The lowest BCUT2D eigenvalue weighted by Gasteiger charge is -2.09. The van der Waals surface area contributed by atoms with Crippen molar-refractivity contribution in [1.82, 2.24) is 0 Å². The summed E-state index contributed by atoms with van der Waals surface area (Å²) in [7, 11) is 1.25. The Kier molecular flexibility index (Phi) is 5.70. The van der Waals surface area contributed by atoms with Crippen LogP contribution in [-0.4, -0.2) is 24.7 Å². The van der Waals surface area contributed by atoms with Crippen molar-refractivity contribution < 1.29 is 23.1 Å². The highest BCUT2D eigenvalue weighted by Gasteiger charge is 2.13. The molecule has 0 saturated heterocycles. The highest BCUT2D eigenvalue weighted by molar-refractivity contribution is 8.00. The van der Waals surface area contributed by atoms with E-state index in [9.17, 15) is 18.4 Å². The molecule has 0 aliphatic rings. The summed E-state index contributed by atoms with van der Waals surface area (Å²) in [5.41, 5.74) is 0.566. The molecular weight excluding hydrogens is 324 g/mol. The standard InChI is InChI=1S/C16H13F2NO3S/c1-22-16(21)11-4-2-3-5-14(11)19-15(20)9-23-10-6-7-12(17)13(18)8-10/h2-8H,9H2,1H3,(H,19,20). The van der Waals surface area contributed by atoms with Crippen LogP contribution in [0.2, 0.25) is 0 Å². The molecule has 2 aromatic rings. The van der Waals surface area contributed by atoms with Gasteiger partial charge < -0.3 is 10.1 Å². The van der Waals surface area contributed by atoms with E-state index in [-0.39, 0.29) is 17.2 Å². The summed E-state index contributed by atoms with van der Waals surface area (Å²) in [6, 6.07) is 9.84. The highest BCUT2D eigenvalue weighted by atomic mass is 32.2. The summed E-state index contributed by atoms with van der Waals surface area (Å²) in [6.45, 7) is 0. The van der Waals surface area contributed by atoms with Crippen molar-refractivity contribution in [1.29, 1.82) is 0 Å². The Bertz CT molecular complexity index is 737. The predicted octanol–water partition coefficient (Wildman–Crippen LogP) is 3.48. The van der Waals surface area contributed by atoms with Crippen LogP contribution < -0.4 is 5.32 Å². The van der Waals surface area contributed by atoms with E-state index in [1.807, 2.05) is 0 Å². The number of halogens is 2. The van der Waals surface area contributed by atoms with Crippen molar-refractivity contribution in [3.8, 4) is 0 Å². The largest absolute Gasteiger partial charge is 0.465 e. The van der Waals surface area contributed by atoms with Crippen molar-refractivity contribution in [3.05, 3.63) is 59.7 Å². The maximum absolute atomic E-state index is 13.1. The fraction of sp³-hybridized carbons (Fsp3) is 0.125. The van der Waals surface area contributed by atoms with Crippen molar-refractivity contribution in [2.75, 3.05) is 18.2 Å². The van der Waals surface area contributed by atoms with Gasteiger partial charge in [-0.3, -0.25) is 4.79 Å². The topological polar surface area (TPSA) is 55.4 Å². The molecule has 0 radical (unpaired) electrons. The van der Waals surface area contributed by atoms with E-state index in [0.29, 0.717) is 10.6 Å². The van der Waals surface area contributed by atoms with Crippen molar-refractivity contribution >= 4 is 29.3 Å². The fourth-order valence-electron chi connectivity index (χ4n) is 1.78. The van der Waals surface area contributed by atoms with E-state index in [4.69, 9.17) is 0 Å². The third-order valence-corrected chi connectivity index (χ3v) is 3.86. The maximum atomic E-state index is 13.1. The lowest BCUT2D eigenvalue weighted by atomic mass is 10.2. The molecule has 4 nitrogen and oxygen atoms in total. The zero-order valence-corrected chi connectivity index (χ0v) is 13.0. The zero-order chi connectivity index (χ0) is 16.8. The summed E-state index contributed by atoms with van der Waals surface area (Å²) in [5, 5.41) is 2.59. The maximum Gasteiger partial charge on any atom is 0.339 e. The van der Waals surface area contributed by atoms with Gasteiger partial charge in [0.1, 0.15) is 0 Å². The number of thioether (sulfide) groups is 1. The first-order valence-corrected chi connectivity index (χ1v) is 7.55. The molecule has 23 heavy (non-hydrogen) atoms. The lowest BCUT2D eigenvalue weighted by Crippen LogP contribution is -2.17. The number of methoxy groups -OCH3 is 1. The minimum absolute atomic E-state index is 0.0133. The summed E-state index contributed by atoms with van der Waals surface area (Å²) in [4.78, 5) is 24.0. The number of nitrogens with one attached hydrogen (secondary N) is 1. The van der Waals surface area contributed by atoms with Crippen LogP contribution in [0.4, 0.5) is 14.5 Å². The summed E-state index contributed by atoms with van der Waals surface area (Å²) < 4.78 is 30.6. The first-order valence-electron chi connectivity index (χ1n) is 6.56. The average molecular weight is 337 g/mol. The van der Waals surface area contributed by atoms with E-state index in [1.54, 1.807) is 18.2 Å². The number of ether oxygens (including phenoxy) is 1. The molecule has 1 N–H and O–H groups in total. The smallest absolute Gasteiger partial charge is 0.339 e. The van der Waals surface area contributed by atoms with E-state index in [0.717, 1.165) is 23.9 Å². The Morgan fingerprint density at radius 3 is 2.57 bits per heavy atom. The molecule has 0 spiro atoms. The predicted molar refractivity (Wildman–Crippen MR) is 83.5 cm³/mol. The molecule has 0 fully saturated rings. The molecule has 2 aromatic carbocycles. The number of hydrogen-bond acceptors (Lipinski definition) is 4. The van der Waals surface area contributed by atoms with Crippen LogP contribution in [0.5, 0.6) is 0 Å². The molecule has 7 heteroatoms. The lowest BCUT2D eigenvalue weighted by molar-refractivity contribution is -0.113. The van der Waals surface area contributed by atoms with Gasteiger partial charge in [-0.2, -0.15) is 0 Å². The number of amides is 1. The van der Waals surface area contributed by atoms with Gasteiger partial charge in [-0.1, -0.05) is 12.1 Å². The number of esters is 1. The highest BCUT2D eigenvalue weighted by Crippen LogP contribution is 2.21. The van der Waals surface area contributed by atoms with Crippen LogP contribution in [0, 0.1) is 11.6 Å². The molecule has 1 amide bonds. The number of hydrogen-bond donors (Lipinski definition) is 1. The van der Waals surface area contributed by atoms with E-state index < -0.39 is 17.6 Å². The van der Waals surface area contributed by atoms with Crippen LogP contribution in [0.3, 0.4) is 0 Å². The van der Waals surface area contributed by atoms with Crippen molar-refractivity contribution in [2.45, 2.75) is 4.90 Å². The average Bonchev–Trinajstić information content (AvgIpc) is 2.55. The van der Waals surface area contributed by atoms with Crippen LogP contribution in [0.25, 0.3) is 0 Å². The molecule has 0 saturated carbocycles. The van der Waals surface area contributed by atoms with Gasteiger partial charge in [0.2, 0.25) is 5.91 Å². The Labute approximate surface area is 135 Å². The first-order chi connectivity index (χ1) is 11.0. The van der Waals surface area contributed by atoms with Crippen LogP contribution >= 0.6 is 11.8 Å². The normalized spacial score (nSPS) is 10.2. The molecule has 0 bridgehead atoms. The van der Waals surface area contributed by atoms with Crippen LogP contribution in [-0.2, 0) is 9.53 Å². The SMILES string of the molecule is COC(=O)c1ccccc1NC(=O)CSc1ccc(F)c(F)c1. The Morgan fingerprint density at radius 2 is 1.87 bits per heavy atom. The van der Waals surface area contributed by atoms with Gasteiger partial charge in [-0.15, -0.1) is 11.8 Å². The Balaban J connectivity index is 2.00. The van der Waals surface area contributed by atoms with E-state index >= 15 is 0 Å². The number of carbonyl (C=O) groups excluding carboxylic acids is 2. The Hall–Kier alpha value is -2.41. The monoisotopic (exact) mass is 337 g/mol. The molecule has 0 atom stereocenters. The second-order valence-electron chi connectivity index (χ2n) is 4.45. The van der Waals surface area contributed by atoms with Gasteiger partial charge in [0.25, 0.3) is 0 Å². The molecule has 2 rings (SSSR count). The second-order valence-corrected chi connectivity index (χ2v) is 5.50. The van der Waals surface area contributed by atoms with Crippen LogP contribution in [0.15, 0.2) is 47.4 Å². The molecular formula is C16H13F2NO3S. The Morgan fingerprint density at radius 1 is 1.13 bits per heavy atom. The third-order valence-electron chi connectivity index (χ3n) is 2.87. The number of benzene rings is 2. The second kappa shape index (κ2) is 7.73. The summed E-state index contributed by atoms with van der Waals surface area (Å²) in [5.74, 6) is -2.86. The first kappa shape index (κ1) is 17.0. The number of carbonyl (C=O) groups is 2. The quantitative estimate of drug-likeness (QED) is 0.670. The number of anilines is 1. The van der Waals surface area contributed by atoms with Gasteiger partial charge >= 0.3 is 5.97 Å². The van der Waals surface area contributed by atoms with Crippen molar-refractivity contribution in [3.63, 3.8) is 0 Å². The van der Waals surface area contributed by atoms with Gasteiger partial charge in [0.05, 0.1) is 24.1 Å². The van der Waals surface area contributed by atoms with Gasteiger partial charge in [0, 0.05) is 4.90 Å². The summed E-state index contributed by atoms with van der Waals surface area (Å²) >= 11 is 1.06. The molecule has 0 unspecified atom stereocenters. The van der Waals surface area contributed by atoms with E-state index in [2.05, 4.69) is 10.1 Å². The summed E-state index contributed by atoms with van der Waals surface area (Å²) in [6.07, 6.45) is 0. The molecule has 0 heterocycles. The molecule has 0 aromatic heterocycles.